The number of carboxylic acid groups (broad SMARTS) is 1. The lowest BCUT2D eigenvalue weighted by Crippen LogP contribution is -2.49. The fourth-order valence-electron chi connectivity index (χ4n) is 3.06. The molecular weight excluding hydrogens is 373 g/mol. The highest BCUT2D eigenvalue weighted by atomic mass is 35.5. The predicted molar refractivity (Wildman–Crippen MR) is 103 cm³/mol. The summed E-state index contributed by atoms with van der Waals surface area (Å²) in [7, 11) is 0. The molecule has 1 aliphatic heterocycles. The molecule has 4 nitrogen and oxygen atoms in total. The first-order valence-corrected chi connectivity index (χ1v) is 9.21. The lowest BCUT2D eigenvalue weighted by atomic mass is 9.97. The van der Waals surface area contributed by atoms with Gasteiger partial charge >= 0.3 is 5.97 Å². The molecule has 6 heteroatoms. The summed E-state index contributed by atoms with van der Waals surface area (Å²) in [6.07, 6.45) is 0. The Labute approximate surface area is 163 Å². The molecule has 0 aliphatic carbocycles. The molecule has 1 N–H and O–H groups in total. The minimum absolute atomic E-state index is 0.231. The van der Waals surface area contributed by atoms with E-state index < -0.39 is 5.97 Å². The Morgan fingerprint density at radius 2 is 1.88 bits per heavy atom. The van der Waals surface area contributed by atoms with E-state index in [-0.39, 0.29) is 5.92 Å². The number of carboxylic acids is 1. The van der Waals surface area contributed by atoms with Crippen LogP contribution < -0.4 is 4.74 Å². The van der Waals surface area contributed by atoms with E-state index in [0.29, 0.717) is 29.7 Å². The van der Waals surface area contributed by atoms with E-state index in [9.17, 15) is 4.79 Å². The molecule has 3 rings (SSSR count). The van der Waals surface area contributed by atoms with Gasteiger partial charge in [0, 0.05) is 19.6 Å². The average molecular weight is 394 g/mol. The van der Waals surface area contributed by atoms with Crippen molar-refractivity contribution >= 4 is 29.2 Å². The number of hydrogen-bond donors (Lipinski definition) is 1. The second-order valence-corrected chi connectivity index (χ2v) is 7.62. The number of aliphatic carboxylic acids is 1. The Morgan fingerprint density at radius 1 is 1.15 bits per heavy atom. The molecule has 26 heavy (non-hydrogen) atoms. The summed E-state index contributed by atoms with van der Waals surface area (Å²) in [6, 6.07) is 9.63. The van der Waals surface area contributed by atoms with E-state index in [1.165, 1.54) is 5.56 Å². The second-order valence-electron chi connectivity index (χ2n) is 6.81. The fraction of sp³-hybridized carbons (Fsp3) is 0.350. The zero-order chi connectivity index (χ0) is 18.8. The van der Waals surface area contributed by atoms with Gasteiger partial charge < -0.3 is 9.84 Å². The quantitative estimate of drug-likeness (QED) is 0.771. The first kappa shape index (κ1) is 19.0. The van der Waals surface area contributed by atoms with E-state index in [2.05, 4.69) is 17.9 Å². The molecule has 0 atom stereocenters. The van der Waals surface area contributed by atoms with Gasteiger partial charge in [-0.2, -0.15) is 0 Å². The molecule has 0 amide bonds. The SMILES string of the molecule is Cc1cc(OCc2ccc(Cl)c(Cl)c2)c(C)cc1CN1CC(C(=O)O)C1. The highest BCUT2D eigenvalue weighted by Gasteiger charge is 2.32. The van der Waals surface area contributed by atoms with Crippen LogP contribution in [0.5, 0.6) is 5.75 Å². The third-order valence-corrected chi connectivity index (χ3v) is 5.45. The minimum atomic E-state index is -0.708. The van der Waals surface area contributed by atoms with Gasteiger partial charge in [0.2, 0.25) is 0 Å². The standard InChI is InChI=1S/C20H21Cl2NO3/c1-12-6-19(26-11-14-3-4-17(21)18(22)7-14)13(2)5-15(12)8-23-9-16(10-23)20(24)25/h3-7,16H,8-11H2,1-2H3,(H,24,25). The summed E-state index contributed by atoms with van der Waals surface area (Å²) in [5.74, 6) is -0.102. The zero-order valence-corrected chi connectivity index (χ0v) is 16.3. The van der Waals surface area contributed by atoms with Crippen molar-refractivity contribution in [3.63, 3.8) is 0 Å². The maximum Gasteiger partial charge on any atom is 0.309 e. The predicted octanol–water partition coefficient (Wildman–Crippen LogP) is 4.71. The van der Waals surface area contributed by atoms with Crippen molar-refractivity contribution in [3.8, 4) is 5.75 Å². The van der Waals surface area contributed by atoms with E-state index in [1.807, 2.05) is 25.1 Å². The van der Waals surface area contributed by atoms with Crippen LogP contribution in [-0.4, -0.2) is 29.1 Å². The first-order chi connectivity index (χ1) is 12.3. The minimum Gasteiger partial charge on any atom is -0.489 e. The summed E-state index contributed by atoms with van der Waals surface area (Å²) in [6.45, 7) is 6.48. The van der Waals surface area contributed by atoms with Crippen LogP contribution in [0.25, 0.3) is 0 Å². The van der Waals surface area contributed by atoms with Crippen LogP contribution in [0.3, 0.4) is 0 Å². The summed E-state index contributed by atoms with van der Waals surface area (Å²) in [4.78, 5) is 13.1. The average Bonchev–Trinajstić information content (AvgIpc) is 2.54. The molecule has 1 saturated heterocycles. The first-order valence-electron chi connectivity index (χ1n) is 8.45. The van der Waals surface area contributed by atoms with Gasteiger partial charge in [0.05, 0.1) is 16.0 Å². The summed E-state index contributed by atoms with van der Waals surface area (Å²) >= 11 is 12.0. The van der Waals surface area contributed by atoms with Gasteiger partial charge in [-0.1, -0.05) is 35.3 Å². The van der Waals surface area contributed by atoms with E-state index in [1.54, 1.807) is 6.07 Å². The van der Waals surface area contributed by atoms with E-state index >= 15 is 0 Å². The second kappa shape index (κ2) is 7.87. The molecule has 0 spiro atoms. The summed E-state index contributed by atoms with van der Waals surface area (Å²) < 4.78 is 5.95. The van der Waals surface area contributed by atoms with Crippen LogP contribution in [0.2, 0.25) is 10.0 Å². The van der Waals surface area contributed by atoms with Crippen molar-refractivity contribution < 1.29 is 14.6 Å². The van der Waals surface area contributed by atoms with Crippen molar-refractivity contribution in [2.45, 2.75) is 27.0 Å². The molecule has 138 valence electrons. The molecule has 0 aromatic heterocycles. The summed E-state index contributed by atoms with van der Waals surface area (Å²) in [5, 5.41) is 10.0. The summed E-state index contributed by atoms with van der Waals surface area (Å²) in [5.41, 5.74) is 4.36. The van der Waals surface area contributed by atoms with Gasteiger partial charge in [0.1, 0.15) is 12.4 Å². The molecular formula is C20H21Cl2NO3. The Bertz CT molecular complexity index is 832. The molecule has 2 aromatic rings. The molecule has 1 aliphatic rings. The van der Waals surface area contributed by atoms with Gasteiger partial charge in [0.25, 0.3) is 0 Å². The zero-order valence-electron chi connectivity index (χ0n) is 14.8. The molecule has 0 bridgehead atoms. The fourth-order valence-corrected chi connectivity index (χ4v) is 3.38. The topological polar surface area (TPSA) is 49.8 Å². The van der Waals surface area contributed by atoms with Gasteiger partial charge in [-0.25, -0.2) is 0 Å². The van der Waals surface area contributed by atoms with Gasteiger partial charge in [0.15, 0.2) is 0 Å². The molecule has 0 saturated carbocycles. The Balaban J connectivity index is 1.63. The van der Waals surface area contributed by atoms with Crippen molar-refractivity contribution in [2.75, 3.05) is 13.1 Å². The number of rotatable bonds is 6. The van der Waals surface area contributed by atoms with Crippen molar-refractivity contribution in [1.29, 1.82) is 0 Å². The van der Waals surface area contributed by atoms with Crippen LogP contribution >= 0.6 is 23.2 Å². The number of aryl methyl sites for hydroxylation is 2. The number of likely N-dealkylation sites (tertiary alicyclic amines) is 1. The maximum absolute atomic E-state index is 10.9. The number of carbonyl (C=O) groups is 1. The number of halogens is 2. The van der Waals surface area contributed by atoms with Gasteiger partial charge in [-0.05, 0) is 54.3 Å². The van der Waals surface area contributed by atoms with Crippen LogP contribution in [0.1, 0.15) is 22.3 Å². The number of hydrogen-bond acceptors (Lipinski definition) is 3. The third kappa shape index (κ3) is 4.32. The van der Waals surface area contributed by atoms with Crippen LogP contribution in [0.15, 0.2) is 30.3 Å². The van der Waals surface area contributed by atoms with E-state index in [4.69, 9.17) is 33.0 Å². The Hall–Kier alpha value is -1.75. The smallest absolute Gasteiger partial charge is 0.309 e. The monoisotopic (exact) mass is 393 g/mol. The van der Waals surface area contributed by atoms with Crippen LogP contribution in [0, 0.1) is 19.8 Å². The van der Waals surface area contributed by atoms with Crippen LogP contribution in [-0.2, 0) is 17.9 Å². The highest BCUT2D eigenvalue weighted by Crippen LogP contribution is 2.28. The van der Waals surface area contributed by atoms with Crippen molar-refractivity contribution in [1.82, 2.24) is 4.90 Å². The van der Waals surface area contributed by atoms with Crippen molar-refractivity contribution in [2.24, 2.45) is 5.92 Å². The molecule has 1 fully saturated rings. The number of ether oxygens (including phenoxy) is 1. The molecule has 0 unspecified atom stereocenters. The van der Waals surface area contributed by atoms with Gasteiger partial charge in [-0.15, -0.1) is 0 Å². The number of benzene rings is 2. The van der Waals surface area contributed by atoms with Crippen molar-refractivity contribution in [3.05, 3.63) is 62.6 Å². The highest BCUT2D eigenvalue weighted by molar-refractivity contribution is 6.42. The molecule has 1 heterocycles. The third-order valence-electron chi connectivity index (χ3n) is 4.71. The van der Waals surface area contributed by atoms with E-state index in [0.717, 1.165) is 29.0 Å². The molecule has 0 radical (unpaired) electrons. The maximum atomic E-state index is 10.9. The lowest BCUT2D eigenvalue weighted by molar-refractivity contribution is -0.147. The largest absolute Gasteiger partial charge is 0.489 e. The Kier molecular flexibility index (Phi) is 5.76. The van der Waals surface area contributed by atoms with Crippen LogP contribution in [0.4, 0.5) is 0 Å². The number of nitrogens with zero attached hydrogens (tertiary/aromatic N) is 1. The lowest BCUT2D eigenvalue weighted by Gasteiger charge is -2.37. The Morgan fingerprint density at radius 3 is 2.54 bits per heavy atom. The van der Waals surface area contributed by atoms with Gasteiger partial charge in [-0.3, -0.25) is 9.69 Å². The molecule has 2 aromatic carbocycles. The normalized spacial score (nSPS) is 14.9.